The van der Waals surface area contributed by atoms with Crippen molar-refractivity contribution in [2.75, 3.05) is 32.8 Å². The molecular weight excluding hydrogens is 367 g/mol. The second kappa shape index (κ2) is 11.1. The van der Waals surface area contributed by atoms with Gasteiger partial charge < -0.3 is 10.1 Å². The average Bonchev–Trinajstić information content (AvgIpc) is 2.75. The fraction of sp³-hybridized carbons (Fsp3) is 0.458. The van der Waals surface area contributed by atoms with Crippen LogP contribution in [0.25, 0.3) is 0 Å². The van der Waals surface area contributed by atoms with E-state index in [4.69, 9.17) is 4.74 Å². The molecule has 1 unspecified atom stereocenters. The fourth-order valence-corrected chi connectivity index (χ4v) is 3.69. The molecule has 29 heavy (non-hydrogen) atoms. The minimum absolute atomic E-state index is 0.00618. The number of benzene rings is 2. The number of aryl methyl sites for hydroxylation is 1. The number of unbranched alkanes of at least 4 members (excludes halogenated alkanes) is 1. The second-order valence-electron chi connectivity index (χ2n) is 7.62. The highest BCUT2D eigenvalue weighted by molar-refractivity contribution is 5.78. The number of nitrogens with zero attached hydrogens (tertiary/aromatic N) is 1. The first-order chi connectivity index (χ1) is 14.2. The second-order valence-corrected chi connectivity index (χ2v) is 7.62. The highest BCUT2D eigenvalue weighted by Crippen LogP contribution is 2.21. The Kier molecular flexibility index (Phi) is 8.20. The summed E-state index contributed by atoms with van der Waals surface area (Å²) in [5.41, 5.74) is 3.35. The first kappa shape index (κ1) is 21.5. The lowest BCUT2D eigenvalue weighted by atomic mass is 10.0. The molecule has 0 aromatic heterocycles. The Morgan fingerprint density at radius 3 is 2.38 bits per heavy atom. The largest absolute Gasteiger partial charge is 0.379 e. The van der Waals surface area contributed by atoms with E-state index in [-0.39, 0.29) is 17.8 Å². The summed E-state index contributed by atoms with van der Waals surface area (Å²) >= 11 is 0. The van der Waals surface area contributed by atoms with Gasteiger partial charge in [-0.05, 0) is 41.7 Å². The van der Waals surface area contributed by atoms with Gasteiger partial charge in [0.05, 0.1) is 25.7 Å². The van der Waals surface area contributed by atoms with Gasteiger partial charge in [-0.15, -0.1) is 0 Å². The first-order valence-electron chi connectivity index (χ1n) is 10.6. The van der Waals surface area contributed by atoms with Gasteiger partial charge in [-0.1, -0.05) is 49.7 Å². The van der Waals surface area contributed by atoms with Crippen LogP contribution in [0.2, 0.25) is 0 Å². The van der Waals surface area contributed by atoms with E-state index in [1.165, 1.54) is 30.5 Å². The maximum atomic E-state index is 13.3. The molecular formula is C24H31FN2O2. The molecule has 0 aliphatic carbocycles. The molecule has 1 aliphatic heterocycles. The molecule has 1 aliphatic rings. The van der Waals surface area contributed by atoms with Crippen molar-refractivity contribution in [2.45, 2.75) is 38.6 Å². The highest BCUT2D eigenvalue weighted by atomic mass is 19.1. The quantitative estimate of drug-likeness (QED) is 0.697. The van der Waals surface area contributed by atoms with Gasteiger partial charge in [-0.3, -0.25) is 9.69 Å². The monoisotopic (exact) mass is 398 g/mol. The van der Waals surface area contributed by atoms with Crippen LogP contribution in [0.3, 0.4) is 0 Å². The highest BCUT2D eigenvalue weighted by Gasteiger charge is 2.23. The summed E-state index contributed by atoms with van der Waals surface area (Å²) in [5, 5.41) is 3.08. The van der Waals surface area contributed by atoms with Gasteiger partial charge in [0.25, 0.3) is 0 Å². The number of halogens is 1. The molecule has 1 amide bonds. The van der Waals surface area contributed by atoms with Crippen LogP contribution in [0.5, 0.6) is 0 Å². The van der Waals surface area contributed by atoms with Crippen molar-refractivity contribution < 1.29 is 13.9 Å². The molecule has 0 spiro atoms. The normalized spacial score (nSPS) is 15.8. The maximum absolute atomic E-state index is 13.3. The van der Waals surface area contributed by atoms with Crippen molar-refractivity contribution >= 4 is 5.91 Å². The molecule has 0 radical (unpaired) electrons. The number of nitrogens with one attached hydrogen (secondary N) is 1. The molecule has 4 nitrogen and oxygen atoms in total. The molecule has 1 heterocycles. The summed E-state index contributed by atoms with van der Waals surface area (Å²) in [7, 11) is 0. The van der Waals surface area contributed by atoms with Crippen molar-refractivity contribution in [3.8, 4) is 0 Å². The summed E-state index contributed by atoms with van der Waals surface area (Å²) in [6.45, 7) is 5.65. The summed E-state index contributed by atoms with van der Waals surface area (Å²) in [6.07, 6.45) is 3.82. The van der Waals surface area contributed by atoms with E-state index < -0.39 is 0 Å². The SMILES string of the molecule is CCCCc1ccc(CC(=O)NCC(c2ccc(F)cc2)N2CCOCC2)cc1. The lowest BCUT2D eigenvalue weighted by Crippen LogP contribution is -2.44. The number of hydrogen-bond acceptors (Lipinski definition) is 3. The Morgan fingerprint density at radius 2 is 1.72 bits per heavy atom. The molecule has 5 heteroatoms. The molecule has 2 aromatic carbocycles. The van der Waals surface area contributed by atoms with E-state index in [1.807, 2.05) is 12.1 Å². The number of amides is 1. The molecule has 2 aromatic rings. The van der Waals surface area contributed by atoms with Crippen molar-refractivity contribution in [3.05, 3.63) is 71.0 Å². The first-order valence-corrected chi connectivity index (χ1v) is 10.6. The topological polar surface area (TPSA) is 41.6 Å². The van der Waals surface area contributed by atoms with Crippen LogP contribution in [0.15, 0.2) is 48.5 Å². The number of rotatable bonds is 9. The Balaban J connectivity index is 1.58. The number of carbonyl (C=O) groups is 1. The van der Waals surface area contributed by atoms with Crippen molar-refractivity contribution in [3.63, 3.8) is 0 Å². The van der Waals surface area contributed by atoms with Crippen LogP contribution in [-0.2, 0) is 22.4 Å². The third-order valence-corrected chi connectivity index (χ3v) is 5.44. The lowest BCUT2D eigenvalue weighted by Gasteiger charge is -2.35. The third kappa shape index (κ3) is 6.65. The Morgan fingerprint density at radius 1 is 1.07 bits per heavy atom. The van der Waals surface area contributed by atoms with E-state index >= 15 is 0 Å². The minimum Gasteiger partial charge on any atom is -0.379 e. The number of carbonyl (C=O) groups excluding carboxylic acids is 1. The molecule has 1 atom stereocenters. The van der Waals surface area contributed by atoms with Crippen LogP contribution in [0, 0.1) is 5.82 Å². The van der Waals surface area contributed by atoms with Crippen LogP contribution in [0.1, 0.15) is 42.5 Å². The van der Waals surface area contributed by atoms with Gasteiger partial charge in [0.2, 0.25) is 5.91 Å². The van der Waals surface area contributed by atoms with Gasteiger partial charge in [-0.25, -0.2) is 4.39 Å². The van der Waals surface area contributed by atoms with Crippen LogP contribution < -0.4 is 5.32 Å². The molecule has 1 fully saturated rings. The minimum atomic E-state index is -0.249. The summed E-state index contributed by atoms with van der Waals surface area (Å²) in [6, 6.07) is 14.9. The van der Waals surface area contributed by atoms with Gasteiger partial charge in [0.15, 0.2) is 0 Å². The predicted octanol–water partition coefficient (Wildman–Crippen LogP) is 3.90. The van der Waals surface area contributed by atoms with E-state index in [2.05, 4.69) is 29.3 Å². The van der Waals surface area contributed by atoms with E-state index in [0.29, 0.717) is 26.2 Å². The van der Waals surface area contributed by atoms with E-state index in [0.717, 1.165) is 30.6 Å². The zero-order valence-electron chi connectivity index (χ0n) is 17.2. The third-order valence-electron chi connectivity index (χ3n) is 5.44. The fourth-order valence-electron chi connectivity index (χ4n) is 3.69. The smallest absolute Gasteiger partial charge is 0.224 e. The molecule has 156 valence electrons. The number of ether oxygens (including phenoxy) is 1. The van der Waals surface area contributed by atoms with Crippen LogP contribution in [0.4, 0.5) is 4.39 Å². The van der Waals surface area contributed by atoms with Gasteiger partial charge in [0.1, 0.15) is 5.82 Å². The van der Waals surface area contributed by atoms with Crippen LogP contribution in [-0.4, -0.2) is 43.7 Å². The Bertz CT molecular complexity index is 755. The number of hydrogen-bond donors (Lipinski definition) is 1. The lowest BCUT2D eigenvalue weighted by molar-refractivity contribution is -0.120. The van der Waals surface area contributed by atoms with Gasteiger partial charge in [0, 0.05) is 19.6 Å². The molecule has 0 saturated carbocycles. The average molecular weight is 399 g/mol. The van der Waals surface area contributed by atoms with Crippen molar-refractivity contribution in [1.29, 1.82) is 0 Å². The zero-order chi connectivity index (χ0) is 20.5. The molecule has 1 N–H and O–H groups in total. The predicted molar refractivity (Wildman–Crippen MR) is 113 cm³/mol. The maximum Gasteiger partial charge on any atom is 0.224 e. The molecule has 3 rings (SSSR count). The van der Waals surface area contributed by atoms with E-state index in [9.17, 15) is 9.18 Å². The Labute approximate surface area is 173 Å². The summed E-state index contributed by atoms with van der Waals surface area (Å²) < 4.78 is 18.8. The van der Waals surface area contributed by atoms with Gasteiger partial charge in [-0.2, -0.15) is 0 Å². The zero-order valence-corrected chi connectivity index (χ0v) is 17.2. The Hall–Kier alpha value is -2.24. The number of morpholine rings is 1. The molecule has 1 saturated heterocycles. The van der Waals surface area contributed by atoms with Gasteiger partial charge >= 0.3 is 0 Å². The summed E-state index contributed by atoms with van der Waals surface area (Å²) in [5.74, 6) is -0.243. The van der Waals surface area contributed by atoms with E-state index in [1.54, 1.807) is 12.1 Å². The molecule has 0 bridgehead atoms. The van der Waals surface area contributed by atoms with Crippen LogP contribution >= 0.6 is 0 Å². The standard InChI is InChI=1S/C24H31FN2O2/c1-2-3-4-19-5-7-20(8-6-19)17-24(28)26-18-23(27-13-15-29-16-14-27)21-9-11-22(25)12-10-21/h5-12,23H,2-4,13-18H2,1H3,(H,26,28). The van der Waals surface area contributed by atoms with Crippen molar-refractivity contribution in [1.82, 2.24) is 10.2 Å². The summed E-state index contributed by atoms with van der Waals surface area (Å²) in [4.78, 5) is 14.8. The van der Waals surface area contributed by atoms with Crippen molar-refractivity contribution in [2.24, 2.45) is 0 Å².